The molecule has 0 aliphatic heterocycles. The Labute approximate surface area is 126 Å². The van der Waals surface area contributed by atoms with Gasteiger partial charge in [0.05, 0.1) is 0 Å². The maximum Gasteiger partial charge on any atom is 0.341 e. The number of benzene rings is 2. The van der Waals surface area contributed by atoms with Crippen LogP contribution in [0, 0.1) is 6.92 Å². The van der Waals surface area contributed by atoms with Crippen molar-refractivity contribution in [1.82, 2.24) is 0 Å². The summed E-state index contributed by atoms with van der Waals surface area (Å²) < 4.78 is 10.7. The van der Waals surface area contributed by atoms with Crippen molar-refractivity contribution in [3.63, 3.8) is 0 Å². The molecule has 22 heavy (non-hydrogen) atoms. The number of hydrogen-bond acceptors (Lipinski definition) is 4. The molecule has 2 N–H and O–H groups in total. The molecule has 0 unspecified atom stereocenters. The molecule has 0 saturated heterocycles. The molecular formula is C16H14O6. The topological polar surface area (TPSA) is 93.1 Å². The van der Waals surface area contributed by atoms with E-state index in [4.69, 9.17) is 14.6 Å². The van der Waals surface area contributed by atoms with Crippen LogP contribution in [0.15, 0.2) is 42.5 Å². The van der Waals surface area contributed by atoms with Crippen LogP contribution in [0.4, 0.5) is 0 Å². The average Bonchev–Trinajstić information content (AvgIpc) is 2.45. The zero-order chi connectivity index (χ0) is 16.1. The number of carboxylic acid groups (broad SMARTS) is 2. The van der Waals surface area contributed by atoms with Crippen molar-refractivity contribution in [3.8, 4) is 17.2 Å². The lowest BCUT2D eigenvalue weighted by molar-refractivity contribution is -0.139. The predicted molar refractivity (Wildman–Crippen MR) is 77.8 cm³/mol. The number of rotatable bonds is 6. The van der Waals surface area contributed by atoms with Crippen molar-refractivity contribution in [3.05, 3.63) is 53.6 Å². The maximum atomic E-state index is 11.2. The van der Waals surface area contributed by atoms with E-state index in [1.165, 1.54) is 18.2 Å². The number of carboxylic acids is 2. The van der Waals surface area contributed by atoms with Crippen molar-refractivity contribution >= 4 is 11.9 Å². The quantitative estimate of drug-likeness (QED) is 0.852. The summed E-state index contributed by atoms with van der Waals surface area (Å²) >= 11 is 0. The number of ether oxygens (including phenoxy) is 2. The maximum absolute atomic E-state index is 11.2. The largest absolute Gasteiger partial charge is 0.479 e. The van der Waals surface area contributed by atoms with Gasteiger partial charge in [-0.15, -0.1) is 0 Å². The highest BCUT2D eigenvalue weighted by molar-refractivity contribution is 5.92. The highest BCUT2D eigenvalue weighted by atomic mass is 16.5. The average molecular weight is 302 g/mol. The van der Waals surface area contributed by atoms with E-state index in [1.807, 2.05) is 13.0 Å². The minimum Gasteiger partial charge on any atom is -0.479 e. The summed E-state index contributed by atoms with van der Waals surface area (Å²) in [5.41, 5.74) is 0.811. The van der Waals surface area contributed by atoms with Crippen LogP contribution in [-0.2, 0) is 4.79 Å². The first-order valence-electron chi connectivity index (χ1n) is 6.43. The van der Waals surface area contributed by atoms with Gasteiger partial charge in [-0.3, -0.25) is 0 Å². The van der Waals surface area contributed by atoms with Gasteiger partial charge in [0.2, 0.25) is 0 Å². The van der Waals surface area contributed by atoms with Crippen LogP contribution in [0.5, 0.6) is 17.2 Å². The molecule has 2 aromatic carbocycles. The Bertz CT molecular complexity index is 708. The summed E-state index contributed by atoms with van der Waals surface area (Å²) in [6.45, 7) is 1.23. The van der Waals surface area contributed by atoms with Crippen LogP contribution in [0.3, 0.4) is 0 Å². The third-order valence-electron chi connectivity index (χ3n) is 2.77. The van der Waals surface area contributed by atoms with Crippen molar-refractivity contribution in [2.45, 2.75) is 6.92 Å². The molecule has 2 rings (SSSR count). The molecule has 0 spiro atoms. The van der Waals surface area contributed by atoms with Gasteiger partial charge < -0.3 is 19.7 Å². The summed E-state index contributed by atoms with van der Waals surface area (Å²) in [6.07, 6.45) is 0. The normalized spacial score (nSPS) is 10.0. The molecule has 0 aliphatic rings. The third kappa shape index (κ3) is 3.76. The fourth-order valence-corrected chi connectivity index (χ4v) is 1.85. The number of aliphatic carboxylic acids is 1. The SMILES string of the molecule is Cc1cccc(Oc2cccc(C(=O)O)c2OCC(=O)O)c1. The number of hydrogen-bond donors (Lipinski definition) is 2. The number of carbonyl (C=O) groups is 2. The second-order valence-electron chi connectivity index (χ2n) is 4.54. The van der Waals surface area contributed by atoms with Gasteiger partial charge in [0, 0.05) is 0 Å². The Morgan fingerprint density at radius 3 is 2.45 bits per heavy atom. The van der Waals surface area contributed by atoms with Gasteiger partial charge in [-0.05, 0) is 36.8 Å². The first-order chi connectivity index (χ1) is 10.5. The number of aryl methyl sites for hydroxylation is 1. The molecule has 0 heterocycles. The Balaban J connectivity index is 2.38. The van der Waals surface area contributed by atoms with E-state index in [2.05, 4.69) is 0 Å². The van der Waals surface area contributed by atoms with Gasteiger partial charge in [0.15, 0.2) is 18.1 Å². The Kier molecular flexibility index (Phi) is 4.63. The van der Waals surface area contributed by atoms with Gasteiger partial charge in [-0.1, -0.05) is 18.2 Å². The monoisotopic (exact) mass is 302 g/mol. The van der Waals surface area contributed by atoms with Crippen LogP contribution in [0.2, 0.25) is 0 Å². The molecule has 0 saturated carbocycles. The third-order valence-corrected chi connectivity index (χ3v) is 2.77. The fourth-order valence-electron chi connectivity index (χ4n) is 1.85. The fraction of sp³-hybridized carbons (Fsp3) is 0.125. The molecule has 0 aromatic heterocycles. The lowest BCUT2D eigenvalue weighted by Gasteiger charge is -2.13. The van der Waals surface area contributed by atoms with E-state index in [9.17, 15) is 14.7 Å². The Morgan fingerprint density at radius 2 is 1.82 bits per heavy atom. The Morgan fingerprint density at radius 1 is 1.09 bits per heavy atom. The summed E-state index contributed by atoms with van der Waals surface area (Å²) in [4.78, 5) is 21.9. The summed E-state index contributed by atoms with van der Waals surface area (Å²) in [6, 6.07) is 11.5. The smallest absolute Gasteiger partial charge is 0.341 e. The van der Waals surface area contributed by atoms with Crippen molar-refractivity contribution in [1.29, 1.82) is 0 Å². The van der Waals surface area contributed by atoms with Crippen LogP contribution in [0.1, 0.15) is 15.9 Å². The van der Waals surface area contributed by atoms with Gasteiger partial charge in [0.1, 0.15) is 11.3 Å². The molecule has 2 aromatic rings. The highest BCUT2D eigenvalue weighted by Crippen LogP contribution is 2.35. The van der Waals surface area contributed by atoms with Gasteiger partial charge in [-0.2, -0.15) is 0 Å². The van der Waals surface area contributed by atoms with Gasteiger partial charge in [0.25, 0.3) is 0 Å². The molecule has 0 bridgehead atoms. The van der Waals surface area contributed by atoms with Crippen molar-refractivity contribution in [2.75, 3.05) is 6.61 Å². The van der Waals surface area contributed by atoms with E-state index in [-0.39, 0.29) is 17.1 Å². The molecule has 114 valence electrons. The first-order valence-corrected chi connectivity index (χ1v) is 6.43. The molecule has 0 fully saturated rings. The summed E-state index contributed by atoms with van der Waals surface area (Å²) in [5.74, 6) is -1.90. The molecule has 0 amide bonds. The van der Waals surface area contributed by atoms with Crippen LogP contribution >= 0.6 is 0 Å². The van der Waals surface area contributed by atoms with Crippen molar-refractivity contribution in [2.24, 2.45) is 0 Å². The Hall–Kier alpha value is -3.02. The van der Waals surface area contributed by atoms with Gasteiger partial charge >= 0.3 is 11.9 Å². The van der Waals surface area contributed by atoms with E-state index in [0.29, 0.717) is 5.75 Å². The standard InChI is InChI=1S/C16H14O6/c1-10-4-2-5-11(8-10)22-13-7-3-6-12(16(19)20)15(13)21-9-14(17)18/h2-8H,9H2,1H3,(H,17,18)(H,19,20). The van der Waals surface area contributed by atoms with E-state index < -0.39 is 18.5 Å². The summed E-state index contributed by atoms with van der Waals surface area (Å²) in [7, 11) is 0. The molecular weight excluding hydrogens is 288 g/mol. The lowest BCUT2D eigenvalue weighted by Crippen LogP contribution is -2.12. The van der Waals surface area contributed by atoms with E-state index in [0.717, 1.165) is 5.56 Å². The van der Waals surface area contributed by atoms with E-state index >= 15 is 0 Å². The van der Waals surface area contributed by atoms with Crippen LogP contribution in [-0.4, -0.2) is 28.8 Å². The zero-order valence-electron chi connectivity index (χ0n) is 11.8. The second-order valence-corrected chi connectivity index (χ2v) is 4.54. The van der Waals surface area contributed by atoms with Gasteiger partial charge in [-0.25, -0.2) is 9.59 Å². The molecule has 6 nitrogen and oxygen atoms in total. The van der Waals surface area contributed by atoms with E-state index in [1.54, 1.807) is 18.2 Å². The summed E-state index contributed by atoms with van der Waals surface area (Å²) in [5, 5.41) is 17.9. The lowest BCUT2D eigenvalue weighted by atomic mass is 10.2. The first kappa shape index (κ1) is 15.4. The molecule has 0 radical (unpaired) electrons. The number of aromatic carboxylic acids is 1. The minimum atomic E-state index is -1.23. The zero-order valence-corrected chi connectivity index (χ0v) is 11.8. The molecule has 6 heteroatoms. The highest BCUT2D eigenvalue weighted by Gasteiger charge is 2.18. The molecule has 0 atom stereocenters. The van der Waals surface area contributed by atoms with Crippen molar-refractivity contribution < 1.29 is 29.3 Å². The second kappa shape index (κ2) is 6.62. The van der Waals surface area contributed by atoms with Crippen LogP contribution in [0.25, 0.3) is 0 Å². The number of para-hydroxylation sites is 1. The predicted octanol–water partition coefficient (Wildman–Crippen LogP) is 2.95. The minimum absolute atomic E-state index is 0.112. The molecule has 0 aliphatic carbocycles. The van der Waals surface area contributed by atoms with Crippen LogP contribution < -0.4 is 9.47 Å².